The van der Waals surface area contributed by atoms with Crippen LogP contribution in [0.5, 0.6) is 0 Å². The van der Waals surface area contributed by atoms with Crippen LogP contribution in [0.15, 0.2) is 73.1 Å². The second kappa shape index (κ2) is 8.53. The number of benzene rings is 2. The summed E-state index contributed by atoms with van der Waals surface area (Å²) in [5, 5.41) is 5.43. The number of amides is 2. The van der Waals surface area contributed by atoms with Gasteiger partial charge in [0.1, 0.15) is 0 Å². The van der Waals surface area contributed by atoms with Crippen LogP contribution in [-0.2, 0) is 4.79 Å². The van der Waals surface area contributed by atoms with Gasteiger partial charge in [-0.05, 0) is 12.1 Å². The summed E-state index contributed by atoms with van der Waals surface area (Å²) in [5.74, 6) is 0.182. The summed E-state index contributed by atoms with van der Waals surface area (Å²) in [6.45, 7) is 0.252. The Bertz CT molecular complexity index is 865. The molecule has 26 heavy (non-hydrogen) atoms. The first-order chi connectivity index (χ1) is 12.7. The standard InChI is InChI=1S/C20H18N4O2/c25-18(11-12-21-20(26)16-9-5-2-6-10-16)24-17-13-22-19(23-14-17)15-7-3-1-4-8-15/h1-10,13-14H,11-12H2,(H,21,26)(H,24,25). The van der Waals surface area contributed by atoms with Crippen LogP contribution in [0, 0.1) is 0 Å². The van der Waals surface area contributed by atoms with E-state index in [9.17, 15) is 9.59 Å². The number of nitrogens with zero attached hydrogens (tertiary/aromatic N) is 2. The zero-order valence-corrected chi connectivity index (χ0v) is 14.1. The van der Waals surface area contributed by atoms with Crippen molar-refractivity contribution in [1.82, 2.24) is 15.3 Å². The first-order valence-electron chi connectivity index (χ1n) is 8.23. The maximum atomic E-state index is 12.0. The van der Waals surface area contributed by atoms with E-state index < -0.39 is 0 Å². The zero-order valence-electron chi connectivity index (χ0n) is 14.1. The number of carbonyl (C=O) groups is 2. The van der Waals surface area contributed by atoms with Crippen LogP contribution in [0.1, 0.15) is 16.8 Å². The molecule has 0 saturated heterocycles. The molecule has 0 saturated carbocycles. The molecule has 6 heteroatoms. The molecule has 0 aliphatic carbocycles. The molecular formula is C20H18N4O2. The van der Waals surface area contributed by atoms with Gasteiger partial charge in [-0.25, -0.2) is 9.97 Å². The van der Waals surface area contributed by atoms with E-state index in [1.807, 2.05) is 36.4 Å². The van der Waals surface area contributed by atoms with Crippen LogP contribution in [0.4, 0.5) is 5.69 Å². The highest BCUT2D eigenvalue weighted by Gasteiger charge is 2.07. The lowest BCUT2D eigenvalue weighted by molar-refractivity contribution is -0.116. The molecular weight excluding hydrogens is 328 g/mol. The molecule has 2 N–H and O–H groups in total. The van der Waals surface area contributed by atoms with Crippen molar-refractivity contribution < 1.29 is 9.59 Å². The fourth-order valence-corrected chi connectivity index (χ4v) is 2.33. The number of carbonyl (C=O) groups excluding carboxylic acids is 2. The predicted octanol–water partition coefficient (Wildman–Crippen LogP) is 2.90. The topological polar surface area (TPSA) is 84.0 Å². The van der Waals surface area contributed by atoms with Crippen LogP contribution >= 0.6 is 0 Å². The highest BCUT2D eigenvalue weighted by atomic mass is 16.2. The molecule has 0 unspecified atom stereocenters. The van der Waals surface area contributed by atoms with Crippen molar-refractivity contribution in [2.24, 2.45) is 0 Å². The second-order valence-electron chi connectivity index (χ2n) is 5.58. The van der Waals surface area contributed by atoms with Gasteiger partial charge in [0.2, 0.25) is 5.91 Å². The van der Waals surface area contributed by atoms with Gasteiger partial charge in [0.15, 0.2) is 5.82 Å². The summed E-state index contributed by atoms with van der Waals surface area (Å²) in [4.78, 5) is 32.4. The van der Waals surface area contributed by atoms with Crippen LogP contribution in [-0.4, -0.2) is 28.3 Å². The Kier molecular flexibility index (Phi) is 5.67. The van der Waals surface area contributed by atoms with E-state index in [0.29, 0.717) is 17.1 Å². The largest absolute Gasteiger partial charge is 0.352 e. The van der Waals surface area contributed by atoms with E-state index in [1.54, 1.807) is 36.7 Å². The Balaban J connectivity index is 1.47. The average Bonchev–Trinajstić information content (AvgIpc) is 2.70. The molecule has 0 radical (unpaired) electrons. The molecule has 0 atom stereocenters. The quantitative estimate of drug-likeness (QED) is 0.719. The minimum atomic E-state index is -0.213. The van der Waals surface area contributed by atoms with E-state index in [0.717, 1.165) is 5.56 Å². The van der Waals surface area contributed by atoms with Crippen molar-refractivity contribution >= 4 is 17.5 Å². The highest BCUT2D eigenvalue weighted by molar-refractivity contribution is 5.95. The summed E-state index contributed by atoms with van der Waals surface area (Å²) < 4.78 is 0. The summed E-state index contributed by atoms with van der Waals surface area (Å²) >= 11 is 0. The summed E-state index contributed by atoms with van der Waals surface area (Å²) in [6, 6.07) is 18.5. The van der Waals surface area contributed by atoms with Crippen molar-refractivity contribution in [3.8, 4) is 11.4 Å². The molecule has 1 heterocycles. The van der Waals surface area contributed by atoms with Crippen LogP contribution in [0.2, 0.25) is 0 Å². The van der Waals surface area contributed by atoms with E-state index in [2.05, 4.69) is 20.6 Å². The Morgan fingerprint density at radius 2 is 1.46 bits per heavy atom. The molecule has 2 amide bonds. The molecule has 0 fully saturated rings. The molecule has 0 spiro atoms. The van der Waals surface area contributed by atoms with Crippen molar-refractivity contribution in [3.05, 3.63) is 78.6 Å². The summed E-state index contributed by atoms with van der Waals surface area (Å²) in [5.41, 5.74) is 2.00. The second-order valence-corrected chi connectivity index (χ2v) is 5.58. The minimum Gasteiger partial charge on any atom is -0.352 e. The van der Waals surface area contributed by atoms with Gasteiger partial charge >= 0.3 is 0 Å². The van der Waals surface area contributed by atoms with Gasteiger partial charge in [0, 0.05) is 24.1 Å². The lowest BCUT2D eigenvalue weighted by atomic mass is 10.2. The third-order valence-corrected chi connectivity index (χ3v) is 3.64. The van der Waals surface area contributed by atoms with E-state index in [4.69, 9.17) is 0 Å². The van der Waals surface area contributed by atoms with Crippen molar-refractivity contribution in [3.63, 3.8) is 0 Å². The number of rotatable bonds is 6. The molecule has 3 rings (SSSR count). The Morgan fingerprint density at radius 3 is 2.12 bits per heavy atom. The van der Waals surface area contributed by atoms with Gasteiger partial charge in [-0.15, -0.1) is 0 Å². The van der Waals surface area contributed by atoms with Gasteiger partial charge in [0.25, 0.3) is 5.91 Å². The monoisotopic (exact) mass is 346 g/mol. The normalized spacial score (nSPS) is 10.2. The van der Waals surface area contributed by atoms with Crippen LogP contribution in [0.3, 0.4) is 0 Å². The minimum absolute atomic E-state index is 0.166. The third-order valence-electron chi connectivity index (χ3n) is 3.64. The number of aromatic nitrogens is 2. The number of nitrogens with one attached hydrogen (secondary N) is 2. The Morgan fingerprint density at radius 1 is 0.846 bits per heavy atom. The average molecular weight is 346 g/mol. The number of hydrogen-bond acceptors (Lipinski definition) is 4. The van der Waals surface area contributed by atoms with E-state index in [1.165, 1.54) is 0 Å². The van der Waals surface area contributed by atoms with Crippen molar-refractivity contribution in [2.75, 3.05) is 11.9 Å². The molecule has 0 aliphatic heterocycles. The van der Waals surface area contributed by atoms with Crippen LogP contribution < -0.4 is 10.6 Å². The lowest BCUT2D eigenvalue weighted by Crippen LogP contribution is -2.27. The molecule has 0 aliphatic rings. The van der Waals surface area contributed by atoms with Gasteiger partial charge in [-0.1, -0.05) is 48.5 Å². The fourth-order valence-electron chi connectivity index (χ4n) is 2.33. The van der Waals surface area contributed by atoms with Gasteiger partial charge < -0.3 is 10.6 Å². The van der Waals surface area contributed by atoms with Crippen LogP contribution in [0.25, 0.3) is 11.4 Å². The first-order valence-corrected chi connectivity index (χ1v) is 8.23. The maximum Gasteiger partial charge on any atom is 0.251 e. The van der Waals surface area contributed by atoms with Crippen molar-refractivity contribution in [2.45, 2.75) is 6.42 Å². The van der Waals surface area contributed by atoms with Crippen molar-refractivity contribution in [1.29, 1.82) is 0 Å². The number of hydrogen-bond donors (Lipinski definition) is 2. The highest BCUT2D eigenvalue weighted by Crippen LogP contribution is 2.14. The molecule has 0 bridgehead atoms. The third kappa shape index (κ3) is 4.73. The maximum absolute atomic E-state index is 12.0. The first kappa shape index (κ1) is 17.3. The van der Waals surface area contributed by atoms with E-state index in [-0.39, 0.29) is 24.8 Å². The van der Waals surface area contributed by atoms with Gasteiger partial charge in [-0.2, -0.15) is 0 Å². The molecule has 1 aromatic heterocycles. The summed E-state index contributed by atoms with van der Waals surface area (Å²) in [7, 11) is 0. The molecule has 3 aromatic rings. The molecule has 2 aromatic carbocycles. The molecule has 130 valence electrons. The fraction of sp³-hybridized carbons (Fsp3) is 0.100. The smallest absolute Gasteiger partial charge is 0.251 e. The number of anilines is 1. The Labute approximate surface area is 151 Å². The van der Waals surface area contributed by atoms with E-state index >= 15 is 0 Å². The summed E-state index contributed by atoms with van der Waals surface area (Å²) in [6.07, 6.45) is 3.30. The molecule has 6 nitrogen and oxygen atoms in total. The predicted molar refractivity (Wildman–Crippen MR) is 99.5 cm³/mol. The van der Waals surface area contributed by atoms with Gasteiger partial charge in [0.05, 0.1) is 18.1 Å². The zero-order chi connectivity index (χ0) is 18.2. The Hall–Kier alpha value is -3.54. The SMILES string of the molecule is O=C(CCNC(=O)c1ccccc1)Nc1cnc(-c2ccccc2)nc1. The lowest BCUT2D eigenvalue weighted by Gasteiger charge is -2.07. The van der Waals surface area contributed by atoms with Gasteiger partial charge in [-0.3, -0.25) is 9.59 Å².